The van der Waals surface area contributed by atoms with E-state index in [0.717, 1.165) is 41.9 Å². The van der Waals surface area contributed by atoms with Crippen molar-refractivity contribution in [2.45, 2.75) is 19.4 Å². The summed E-state index contributed by atoms with van der Waals surface area (Å²) >= 11 is 0. The van der Waals surface area contributed by atoms with Gasteiger partial charge < -0.3 is 14.9 Å². The Kier molecular flexibility index (Phi) is 2.65. The molecule has 1 fully saturated rings. The van der Waals surface area contributed by atoms with E-state index < -0.39 is 0 Å². The number of hydrogen-bond acceptors (Lipinski definition) is 3. The van der Waals surface area contributed by atoms with Gasteiger partial charge >= 0.3 is 0 Å². The highest BCUT2D eigenvalue weighted by atomic mass is 16.5. The molecule has 0 saturated carbocycles. The van der Waals surface area contributed by atoms with Crippen LogP contribution >= 0.6 is 0 Å². The van der Waals surface area contributed by atoms with Crippen LogP contribution in [0.15, 0.2) is 28.7 Å². The van der Waals surface area contributed by atoms with Crippen molar-refractivity contribution in [3.05, 3.63) is 35.6 Å². The Labute approximate surface area is 101 Å². The van der Waals surface area contributed by atoms with E-state index in [2.05, 4.69) is 25.1 Å². The Balaban J connectivity index is 1.97. The van der Waals surface area contributed by atoms with Crippen LogP contribution in [0.2, 0.25) is 0 Å². The Bertz CT molecular complexity index is 526. The van der Waals surface area contributed by atoms with E-state index in [1.807, 2.05) is 6.07 Å². The molecule has 1 aliphatic heterocycles. The van der Waals surface area contributed by atoms with Crippen molar-refractivity contribution in [3.8, 4) is 0 Å². The Morgan fingerprint density at radius 2 is 2.29 bits per heavy atom. The number of fused-ring (bicyclic) bond motifs is 1. The highest BCUT2D eigenvalue weighted by Gasteiger charge is 2.26. The van der Waals surface area contributed by atoms with Gasteiger partial charge in [0, 0.05) is 17.9 Å². The molecule has 2 N–H and O–H groups in total. The van der Waals surface area contributed by atoms with Gasteiger partial charge in [0.2, 0.25) is 0 Å². The Hall–Kier alpha value is -1.32. The van der Waals surface area contributed by atoms with Crippen LogP contribution in [0.4, 0.5) is 0 Å². The van der Waals surface area contributed by atoms with Crippen molar-refractivity contribution in [1.29, 1.82) is 0 Å². The third-order valence-corrected chi connectivity index (χ3v) is 3.56. The van der Waals surface area contributed by atoms with Crippen molar-refractivity contribution in [3.63, 3.8) is 0 Å². The number of para-hydroxylation sites is 1. The molecule has 17 heavy (non-hydrogen) atoms. The lowest BCUT2D eigenvalue weighted by molar-refractivity contribution is 0.178. The normalized spacial score (nSPS) is 22.1. The van der Waals surface area contributed by atoms with Crippen molar-refractivity contribution >= 4 is 11.0 Å². The number of hydrogen-bond donors (Lipinski definition) is 1. The molecule has 1 aromatic heterocycles. The number of nitrogens with two attached hydrogens (primary N) is 1. The van der Waals surface area contributed by atoms with Crippen LogP contribution in [0.5, 0.6) is 0 Å². The quantitative estimate of drug-likeness (QED) is 0.864. The maximum atomic E-state index is 6.24. The maximum Gasteiger partial charge on any atom is 0.137 e. The zero-order valence-electron chi connectivity index (χ0n) is 9.98. The van der Waals surface area contributed by atoms with E-state index in [9.17, 15) is 0 Å². The lowest BCUT2D eigenvalue weighted by atomic mass is 9.98. The molecule has 1 aliphatic rings. The lowest BCUT2D eigenvalue weighted by Crippen LogP contribution is -2.20. The minimum atomic E-state index is -0.0516. The molecule has 90 valence electrons. The third-order valence-electron chi connectivity index (χ3n) is 3.56. The monoisotopic (exact) mass is 231 g/mol. The summed E-state index contributed by atoms with van der Waals surface area (Å²) in [4.78, 5) is 0. The van der Waals surface area contributed by atoms with Crippen molar-refractivity contribution in [2.24, 2.45) is 11.7 Å². The number of aryl methyl sites for hydroxylation is 1. The van der Waals surface area contributed by atoms with Gasteiger partial charge in [-0.2, -0.15) is 0 Å². The number of rotatable bonds is 2. The van der Waals surface area contributed by atoms with Crippen LogP contribution in [0.25, 0.3) is 11.0 Å². The van der Waals surface area contributed by atoms with E-state index in [1.165, 1.54) is 0 Å². The summed E-state index contributed by atoms with van der Waals surface area (Å²) < 4.78 is 11.3. The summed E-state index contributed by atoms with van der Waals surface area (Å²) in [6.07, 6.45) is 1.02. The summed E-state index contributed by atoms with van der Waals surface area (Å²) in [6, 6.07) is 8.17. The Morgan fingerprint density at radius 1 is 1.41 bits per heavy atom. The molecule has 0 aliphatic carbocycles. The molecule has 1 saturated heterocycles. The van der Waals surface area contributed by atoms with Gasteiger partial charge in [0.05, 0.1) is 12.6 Å². The summed E-state index contributed by atoms with van der Waals surface area (Å²) in [5, 5.41) is 1.13. The predicted molar refractivity (Wildman–Crippen MR) is 66.8 cm³/mol. The van der Waals surface area contributed by atoms with Crippen molar-refractivity contribution in [1.82, 2.24) is 0 Å². The molecule has 3 heteroatoms. The molecular formula is C14H17NO2. The van der Waals surface area contributed by atoms with Gasteiger partial charge in [-0.25, -0.2) is 0 Å². The summed E-state index contributed by atoms with van der Waals surface area (Å²) in [5.74, 6) is 1.26. The van der Waals surface area contributed by atoms with Crippen LogP contribution in [-0.2, 0) is 4.74 Å². The van der Waals surface area contributed by atoms with Gasteiger partial charge in [-0.1, -0.05) is 18.2 Å². The topological polar surface area (TPSA) is 48.4 Å². The second-order valence-corrected chi connectivity index (χ2v) is 4.79. The fraction of sp³-hybridized carbons (Fsp3) is 0.429. The van der Waals surface area contributed by atoms with Crippen molar-refractivity contribution in [2.75, 3.05) is 13.2 Å². The molecule has 2 unspecified atom stereocenters. The minimum absolute atomic E-state index is 0.0516. The van der Waals surface area contributed by atoms with E-state index in [0.29, 0.717) is 5.92 Å². The Morgan fingerprint density at radius 3 is 3.00 bits per heavy atom. The molecule has 1 aromatic carbocycles. The molecule has 3 nitrogen and oxygen atoms in total. The van der Waals surface area contributed by atoms with E-state index in [4.69, 9.17) is 14.9 Å². The van der Waals surface area contributed by atoms with Gasteiger partial charge in [-0.15, -0.1) is 0 Å². The zero-order valence-corrected chi connectivity index (χ0v) is 9.98. The van der Waals surface area contributed by atoms with E-state index in [-0.39, 0.29) is 6.04 Å². The number of furan rings is 1. The molecule has 0 amide bonds. The van der Waals surface area contributed by atoms with E-state index in [1.54, 1.807) is 0 Å². The fourth-order valence-electron chi connectivity index (χ4n) is 2.46. The van der Waals surface area contributed by atoms with Crippen LogP contribution in [0, 0.1) is 12.8 Å². The van der Waals surface area contributed by atoms with Crippen LogP contribution in [0.3, 0.4) is 0 Å². The standard InChI is InChI=1S/C14H17NO2/c1-9-3-2-4-10-7-12(17-14(9)10)13(15)11-5-6-16-8-11/h2-4,7,11,13H,5-6,8,15H2,1H3. The maximum absolute atomic E-state index is 6.24. The van der Waals surface area contributed by atoms with E-state index >= 15 is 0 Å². The second-order valence-electron chi connectivity index (χ2n) is 4.79. The minimum Gasteiger partial charge on any atom is -0.459 e. The summed E-state index contributed by atoms with van der Waals surface area (Å²) in [7, 11) is 0. The highest BCUT2D eigenvalue weighted by molar-refractivity contribution is 5.81. The second kappa shape index (κ2) is 4.17. The van der Waals surface area contributed by atoms with Gasteiger partial charge in [0.25, 0.3) is 0 Å². The number of benzene rings is 1. The van der Waals surface area contributed by atoms with Gasteiger partial charge in [-0.05, 0) is 25.0 Å². The average molecular weight is 231 g/mol. The zero-order chi connectivity index (χ0) is 11.8. The largest absolute Gasteiger partial charge is 0.459 e. The third kappa shape index (κ3) is 1.85. The molecule has 0 radical (unpaired) electrons. The first-order valence-electron chi connectivity index (χ1n) is 6.08. The molecule has 2 aromatic rings. The predicted octanol–water partition coefficient (Wildman–Crippen LogP) is 2.78. The summed E-state index contributed by atoms with van der Waals surface area (Å²) in [5.41, 5.74) is 8.35. The molecule has 0 bridgehead atoms. The molecule has 2 atom stereocenters. The SMILES string of the molecule is Cc1cccc2cc(C(N)C3CCOC3)oc12. The van der Waals surface area contributed by atoms with Crippen molar-refractivity contribution < 1.29 is 9.15 Å². The first kappa shape index (κ1) is 10.8. The first-order valence-corrected chi connectivity index (χ1v) is 6.08. The molecular weight excluding hydrogens is 214 g/mol. The van der Waals surface area contributed by atoms with Gasteiger partial charge in [-0.3, -0.25) is 0 Å². The van der Waals surface area contributed by atoms with Crippen LogP contribution in [-0.4, -0.2) is 13.2 Å². The molecule has 0 spiro atoms. The first-order chi connectivity index (χ1) is 8.25. The molecule has 2 heterocycles. The van der Waals surface area contributed by atoms with Gasteiger partial charge in [0.1, 0.15) is 11.3 Å². The highest BCUT2D eigenvalue weighted by Crippen LogP contribution is 2.31. The van der Waals surface area contributed by atoms with Gasteiger partial charge in [0.15, 0.2) is 0 Å². The fourth-order valence-corrected chi connectivity index (χ4v) is 2.46. The summed E-state index contributed by atoms with van der Waals surface area (Å²) in [6.45, 7) is 3.62. The molecule has 3 rings (SSSR count). The number of ether oxygens (including phenoxy) is 1. The smallest absolute Gasteiger partial charge is 0.137 e. The lowest BCUT2D eigenvalue weighted by Gasteiger charge is -2.14. The van der Waals surface area contributed by atoms with Crippen LogP contribution < -0.4 is 5.73 Å². The average Bonchev–Trinajstić information content (AvgIpc) is 2.98. The van der Waals surface area contributed by atoms with Crippen LogP contribution in [0.1, 0.15) is 23.8 Å².